The zero-order chi connectivity index (χ0) is 11.7. The monoisotopic (exact) mass is 214 g/mol. The summed E-state index contributed by atoms with van der Waals surface area (Å²) in [5.74, 6) is 0.774. The van der Waals surface area contributed by atoms with E-state index in [-0.39, 0.29) is 0 Å². The molecule has 0 aromatic carbocycles. The highest BCUT2D eigenvalue weighted by atomic mass is 15.1. The lowest BCUT2D eigenvalue weighted by Crippen LogP contribution is -2.32. The van der Waals surface area contributed by atoms with Crippen molar-refractivity contribution in [2.24, 2.45) is 5.92 Å². The van der Waals surface area contributed by atoms with Crippen molar-refractivity contribution in [3.05, 3.63) is 0 Å². The first-order valence-corrected chi connectivity index (χ1v) is 6.48. The van der Waals surface area contributed by atoms with Gasteiger partial charge in [0.2, 0.25) is 0 Å². The molecule has 0 aliphatic carbocycles. The number of nitrogens with zero attached hydrogens (tertiary/aromatic N) is 1. The minimum absolute atomic E-state index is 0.718. The zero-order valence-corrected chi connectivity index (χ0v) is 11.3. The molecule has 0 heterocycles. The van der Waals surface area contributed by atoms with Crippen molar-refractivity contribution in [2.75, 3.05) is 26.7 Å². The topological polar surface area (TPSA) is 15.3 Å². The van der Waals surface area contributed by atoms with Crippen LogP contribution in [0.1, 0.15) is 47.0 Å². The molecule has 0 aromatic rings. The van der Waals surface area contributed by atoms with Crippen molar-refractivity contribution in [1.82, 2.24) is 10.2 Å². The van der Waals surface area contributed by atoms with Gasteiger partial charge in [-0.25, -0.2) is 0 Å². The molecule has 0 saturated carbocycles. The quantitative estimate of drug-likeness (QED) is 0.594. The van der Waals surface area contributed by atoms with E-state index in [1.807, 2.05) is 0 Å². The molecule has 2 heteroatoms. The maximum atomic E-state index is 3.45. The number of hydrogen-bond donors (Lipinski definition) is 1. The molecule has 1 N–H and O–H groups in total. The van der Waals surface area contributed by atoms with Crippen LogP contribution in [0.2, 0.25) is 0 Å². The van der Waals surface area contributed by atoms with Crippen LogP contribution in [0, 0.1) is 5.92 Å². The maximum Gasteiger partial charge on any atom is 0.00644 e. The van der Waals surface area contributed by atoms with Gasteiger partial charge in [-0.05, 0) is 52.2 Å². The smallest absolute Gasteiger partial charge is 0.00644 e. The van der Waals surface area contributed by atoms with Crippen molar-refractivity contribution in [2.45, 2.75) is 53.0 Å². The van der Waals surface area contributed by atoms with Crippen LogP contribution in [0.25, 0.3) is 0 Å². The Labute approximate surface area is 96.4 Å². The third-order valence-electron chi connectivity index (χ3n) is 2.81. The van der Waals surface area contributed by atoms with Crippen LogP contribution in [-0.4, -0.2) is 37.6 Å². The second kappa shape index (κ2) is 9.17. The molecule has 2 nitrogen and oxygen atoms in total. The van der Waals surface area contributed by atoms with E-state index >= 15 is 0 Å². The molecule has 0 spiro atoms. The lowest BCUT2D eigenvalue weighted by Gasteiger charge is -2.26. The van der Waals surface area contributed by atoms with Crippen molar-refractivity contribution in [3.8, 4) is 0 Å². The highest BCUT2D eigenvalue weighted by Gasteiger charge is 2.09. The van der Waals surface area contributed by atoms with Gasteiger partial charge in [0.05, 0.1) is 0 Å². The van der Waals surface area contributed by atoms with Gasteiger partial charge in [-0.1, -0.05) is 20.8 Å². The summed E-state index contributed by atoms with van der Waals surface area (Å²) in [6.07, 6.45) is 3.84. The normalized spacial score (nSPS) is 13.8. The molecule has 1 atom stereocenters. The average Bonchev–Trinajstić information content (AvgIpc) is 2.16. The van der Waals surface area contributed by atoms with Crippen LogP contribution in [0.3, 0.4) is 0 Å². The second-order valence-corrected chi connectivity index (χ2v) is 5.07. The molecule has 0 saturated heterocycles. The van der Waals surface area contributed by atoms with E-state index in [4.69, 9.17) is 0 Å². The van der Waals surface area contributed by atoms with Gasteiger partial charge in [0.1, 0.15) is 0 Å². The molecular formula is C13H30N2. The van der Waals surface area contributed by atoms with Gasteiger partial charge in [0.15, 0.2) is 0 Å². The molecule has 0 bridgehead atoms. The Kier molecular flexibility index (Phi) is 9.12. The summed E-state index contributed by atoms with van der Waals surface area (Å²) in [4.78, 5) is 2.48. The summed E-state index contributed by atoms with van der Waals surface area (Å²) in [7, 11) is 2.24. The van der Waals surface area contributed by atoms with Crippen molar-refractivity contribution >= 4 is 0 Å². The van der Waals surface area contributed by atoms with Crippen molar-refractivity contribution in [1.29, 1.82) is 0 Å². The summed E-state index contributed by atoms with van der Waals surface area (Å²) >= 11 is 0. The fourth-order valence-corrected chi connectivity index (χ4v) is 1.80. The molecule has 0 fully saturated rings. The fourth-order valence-electron chi connectivity index (χ4n) is 1.80. The van der Waals surface area contributed by atoms with E-state index in [2.05, 4.69) is 45.0 Å². The summed E-state index contributed by atoms with van der Waals surface area (Å²) in [5.41, 5.74) is 0. The molecule has 0 rings (SSSR count). The molecule has 15 heavy (non-hydrogen) atoms. The van der Waals surface area contributed by atoms with Gasteiger partial charge in [-0.15, -0.1) is 0 Å². The molecule has 0 amide bonds. The molecule has 0 aliphatic rings. The first kappa shape index (κ1) is 14.9. The zero-order valence-electron chi connectivity index (χ0n) is 11.3. The van der Waals surface area contributed by atoms with E-state index in [1.54, 1.807) is 0 Å². The minimum atomic E-state index is 0.718. The first-order valence-electron chi connectivity index (χ1n) is 6.48. The Morgan fingerprint density at radius 1 is 1.13 bits per heavy atom. The predicted octanol–water partition coefficient (Wildman–Crippen LogP) is 2.74. The van der Waals surface area contributed by atoms with Gasteiger partial charge >= 0.3 is 0 Å². The first-order chi connectivity index (χ1) is 7.07. The number of nitrogens with one attached hydrogen (secondary N) is 1. The van der Waals surface area contributed by atoms with E-state index in [1.165, 1.54) is 32.4 Å². The average molecular weight is 214 g/mol. The van der Waals surface area contributed by atoms with Crippen LogP contribution in [0.15, 0.2) is 0 Å². The van der Waals surface area contributed by atoms with Gasteiger partial charge in [-0.2, -0.15) is 0 Å². The third-order valence-corrected chi connectivity index (χ3v) is 2.81. The summed E-state index contributed by atoms with van der Waals surface area (Å²) in [5, 5.41) is 3.45. The highest BCUT2D eigenvalue weighted by molar-refractivity contribution is 4.65. The van der Waals surface area contributed by atoms with Crippen LogP contribution >= 0.6 is 0 Å². The summed E-state index contributed by atoms with van der Waals surface area (Å²) < 4.78 is 0. The molecule has 0 aliphatic heterocycles. The number of hydrogen-bond acceptors (Lipinski definition) is 2. The van der Waals surface area contributed by atoms with Gasteiger partial charge in [0.25, 0.3) is 0 Å². The van der Waals surface area contributed by atoms with E-state index in [0.29, 0.717) is 0 Å². The Morgan fingerprint density at radius 3 is 2.33 bits per heavy atom. The highest BCUT2D eigenvalue weighted by Crippen LogP contribution is 2.06. The Bertz CT molecular complexity index is 134. The van der Waals surface area contributed by atoms with Crippen LogP contribution in [0.4, 0.5) is 0 Å². The predicted molar refractivity (Wildman–Crippen MR) is 69.3 cm³/mol. The summed E-state index contributed by atoms with van der Waals surface area (Å²) in [6.45, 7) is 12.7. The Hall–Kier alpha value is -0.0800. The number of rotatable bonds is 9. The fraction of sp³-hybridized carbons (Fsp3) is 1.00. The van der Waals surface area contributed by atoms with Gasteiger partial charge in [0, 0.05) is 12.6 Å². The molecular weight excluding hydrogens is 184 g/mol. The SMILES string of the molecule is CCCNCCCC(C)N(C)CC(C)C. The van der Waals surface area contributed by atoms with Gasteiger partial charge in [-0.3, -0.25) is 0 Å². The van der Waals surface area contributed by atoms with E-state index in [0.717, 1.165) is 18.5 Å². The lowest BCUT2D eigenvalue weighted by atomic mass is 10.1. The maximum absolute atomic E-state index is 3.45. The molecule has 0 aromatic heterocycles. The van der Waals surface area contributed by atoms with Crippen LogP contribution in [0.5, 0.6) is 0 Å². The molecule has 0 radical (unpaired) electrons. The Morgan fingerprint density at radius 2 is 1.80 bits per heavy atom. The molecule has 92 valence electrons. The van der Waals surface area contributed by atoms with E-state index in [9.17, 15) is 0 Å². The second-order valence-electron chi connectivity index (χ2n) is 5.07. The van der Waals surface area contributed by atoms with Crippen LogP contribution in [-0.2, 0) is 0 Å². The van der Waals surface area contributed by atoms with E-state index < -0.39 is 0 Å². The Balaban J connectivity index is 3.42. The standard InChI is InChI=1S/C13H30N2/c1-6-9-14-10-7-8-13(4)15(5)11-12(2)3/h12-14H,6-11H2,1-5H3. The van der Waals surface area contributed by atoms with Crippen LogP contribution < -0.4 is 5.32 Å². The molecule has 1 unspecified atom stereocenters. The summed E-state index contributed by atoms with van der Waals surface area (Å²) in [6, 6.07) is 0.718. The van der Waals surface area contributed by atoms with Crippen molar-refractivity contribution < 1.29 is 0 Å². The largest absolute Gasteiger partial charge is 0.317 e. The van der Waals surface area contributed by atoms with Gasteiger partial charge < -0.3 is 10.2 Å². The van der Waals surface area contributed by atoms with Crippen molar-refractivity contribution in [3.63, 3.8) is 0 Å². The minimum Gasteiger partial charge on any atom is -0.317 e. The lowest BCUT2D eigenvalue weighted by molar-refractivity contribution is 0.218. The third kappa shape index (κ3) is 8.88.